The van der Waals surface area contributed by atoms with Crippen LogP contribution in [0, 0.1) is 5.41 Å². The Morgan fingerprint density at radius 2 is 2.09 bits per heavy atom. The van der Waals surface area contributed by atoms with Crippen molar-refractivity contribution in [1.82, 2.24) is 0 Å². The van der Waals surface area contributed by atoms with E-state index in [9.17, 15) is 9.90 Å². The van der Waals surface area contributed by atoms with E-state index in [2.05, 4.69) is 0 Å². The minimum Gasteiger partial charge on any atom is -0.426 e. The average Bonchev–Trinajstić information content (AvgIpc) is 2.10. The van der Waals surface area contributed by atoms with Gasteiger partial charge in [0.1, 0.15) is 0 Å². The van der Waals surface area contributed by atoms with Crippen LogP contribution in [0.4, 0.5) is 0 Å². The van der Waals surface area contributed by atoms with E-state index in [1.165, 1.54) is 12.2 Å². The van der Waals surface area contributed by atoms with Crippen LogP contribution in [0.5, 0.6) is 0 Å². The highest BCUT2D eigenvalue weighted by Crippen LogP contribution is 2.35. The van der Waals surface area contributed by atoms with Gasteiger partial charge in [0.05, 0.1) is 0 Å². The molecule has 0 fully saturated rings. The molecule has 0 saturated carbocycles. The van der Waals surface area contributed by atoms with Crippen LogP contribution < -0.4 is 0 Å². The van der Waals surface area contributed by atoms with Crippen molar-refractivity contribution in [1.29, 1.82) is 0 Å². The summed E-state index contributed by atoms with van der Waals surface area (Å²) in [4.78, 5) is 10.6. The molecule has 1 aliphatic rings. The lowest BCUT2D eigenvalue weighted by Gasteiger charge is -2.33. The number of hydrogen-bond donors (Lipinski definition) is 1. The fraction of sp³-hybridized carbons (Fsp3) is 0.625. The number of cyclic esters (lactones) is 1. The summed E-state index contributed by atoms with van der Waals surface area (Å²) < 4.78 is 4.72. The molecular weight excluding hydrogens is 144 g/mol. The molecule has 3 heteroatoms. The van der Waals surface area contributed by atoms with Crippen molar-refractivity contribution in [2.45, 2.75) is 26.6 Å². The maximum absolute atomic E-state index is 10.6. The number of aliphatic hydroxyl groups is 1. The summed E-state index contributed by atoms with van der Waals surface area (Å²) in [6.07, 6.45) is 2.63. The third kappa shape index (κ3) is 1.28. The zero-order valence-corrected chi connectivity index (χ0v) is 6.92. The molecule has 0 aromatic heterocycles. The van der Waals surface area contributed by atoms with Crippen molar-refractivity contribution >= 4 is 5.97 Å². The normalized spacial score (nSPS) is 30.7. The van der Waals surface area contributed by atoms with Gasteiger partial charge in [-0.1, -0.05) is 20.8 Å². The Morgan fingerprint density at radius 1 is 1.55 bits per heavy atom. The largest absolute Gasteiger partial charge is 0.426 e. The molecule has 1 N–H and O–H groups in total. The summed E-state index contributed by atoms with van der Waals surface area (Å²) in [6, 6.07) is 0. The van der Waals surface area contributed by atoms with E-state index in [0.29, 0.717) is 0 Å². The lowest BCUT2D eigenvalue weighted by molar-refractivity contribution is -0.212. The highest BCUT2D eigenvalue weighted by atomic mass is 16.7. The van der Waals surface area contributed by atoms with Gasteiger partial charge < -0.3 is 9.84 Å². The second-order valence-corrected chi connectivity index (χ2v) is 3.70. The fourth-order valence-corrected chi connectivity index (χ4v) is 0.805. The van der Waals surface area contributed by atoms with Crippen molar-refractivity contribution in [2.24, 2.45) is 5.41 Å². The van der Waals surface area contributed by atoms with Crippen molar-refractivity contribution in [3.8, 4) is 0 Å². The Labute approximate surface area is 65.7 Å². The quantitative estimate of drug-likeness (QED) is 0.528. The van der Waals surface area contributed by atoms with Crippen LogP contribution in [0.15, 0.2) is 12.2 Å². The first-order chi connectivity index (χ1) is 4.85. The Bertz CT molecular complexity index is 212. The monoisotopic (exact) mass is 156 g/mol. The standard InChI is InChI=1S/C8H12O3/c1-7(2,3)8(10)5-4-6(9)11-8/h4-5,10H,1-3H3. The van der Waals surface area contributed by atoms with Gasteiger partial charge in [-0.15, -0.1) is 0 Å². The summed E-state index contributed by atoms with van der Waals surface area (Å²) in [5.41, 5.74) is -0.477. The molecule has 0 amide bonds. The van der Waals surface area contributed by atoms with E-state index in [1.54, 1.807) is 20.8 Å². The molecule has 0 bridgehead atoms. The van der Waals surface area contributed by atoms with Gasteiger partial charge in [-0.05, 0) is 6.08 Å². The van der Waals surface area contributed by atoms with Gasteiger partial charge in [0, 0.05) is 11.5 Å². The topological polar surface area (TPSA) is 46.5 Å². The van der Waals surface area contributed by atoms with E-state index >= 15 is 0 Å². The number of hydrogen-bond acceptors (Lipinski definition) is 3. The fourth-order valence-electron chi connectivity index (χ4n) is 0.805. The second-order valence-electron chi connectivity index (χ2n) is 3.70. The smallest absolute Gasteiger partial charge is 0.333 e. The lowest BCUT2D eigenvalue weighted by Crippen LogP contribution is -2.41. The molecule has 0 spiro atoms. The van der Waals surface area contributed by atoms with Crippen LogP contribution in [0.1, 0.15) is 20.8 Å². The summed E-state index contributed by atoms with van der Waals surface area (Å²) in [7, 11) is 0. The second kappa shape index (κ2) is 2.08. The first-order valence-electron chi connectivity index (χ1n) is 3.50. The van der Waals surface area contributed by atoms with Crippen molar-refractivity contribution in [2.75, 3.05) is 0 Å². The van der Waals surface area contributed by atoms with Crippen LogP contribution in [-0.2, 0) is 9.53 Å². The third-order valence-corrected chi connectivity index (χ3v) is 1.78. The molecule has 11 heavy (non-hydrogen) atoms. The Kier molecular flexibility index (Phi) is 1.56. The predicted molar refractivity (Wildman–Crippen MR) is 39.6 cm³/mol. The number of esters is 1. The van der Waals surface area contributed by atoms with Crippen LogP contribution in [0.25, 0.3) is 0 Å². The summed E-state index contributed by atoms with van der Waals surface area (Å²) >= 11 is 0. The van der Waals surface area contributed by atoms with E-state index in [1.807, 2.05) is 0 Å². The van der Waals surface area contributed by atoms with Crippen LogP contribution >= 0.6 is 0 Å². The molecule has 0 radical (unpaired) electrons. The molecule has 1 aliphatic heterocycles. The molecule has 0 saturated heterocycles. The Balaban J connectivity index is 2.88. The zero-order chi connectivity index (χ0) is 8.70. The summed E-state index contributed by atoms with van der Waals surface area (Å²) in [5.74, 6) is -1.91. The van der Waals surface area contributed by atoms with Gasteiger partial charge in [0.25, 0.3) is 0 Å². The molecular formula is C8H12O3. The number of ether oxygens (including phenoxy) is 1. The Morgan fingerprint density at radius 3 is 2.27 bits per heavy atom. The minimum atomic E-state index is -1.43. The molecule has 0 aromatic rings. The zero-order valence-electron chi connectivity index (χ0n) is 6.92. The first kappa shape index (κ1) is 8.27. The van der Waals surface area contributed by atoms with Crippen LogP contribution in [-0.4, -0.2) is 16.9 Å². The molecule has 1 atom stereocenters. The van der Waals surface area contributed by atoms with E-state index in [4.69, 9.17) is 4.74 Å². The van der Waals surface area contributed by atoms with Gasteiger partial charge in [0.15, 0.2) is 0 Å². The maximum Gasteiger partial charge on any atom is 0.333 e. The number of carbonyl (C=O) groups is 1. The predicted octanol–water partition coefficient (Wildman–Crippen LogP) is 0.834. The van der Waals surface area contributed by atoms with Gasteiger partial charge >= 0.3 is 5.97 Å². The molecule has 1 heterocycles. The van der Waals surface area contributed by atoms with E-state index in [0.717, 1.165) is 0 Å². The summed E-state index contributed by atoms with van der Waals surface area (Å²) in [6.45, 7) is 5.40. The maximum atomic E-state index is 10.6. The van der Waals surface area contributed by atoms with Crippen molar-refractivity contribution in [3.63, 3.8) is 0 Å². The first-order valence-corrected chi connectivity index (χ1v) is 3.50. The number of rotatable bonds is 0. The molecule has 62 valence electrons. The molecule has 1 unspecified atom stereocenters. The van der Waals surface area contributed by atoms with Gasteiger partial charge in [0.2, 0.25) is 5.79 Å². The average molecular weight is 156 g/mol. The lowest BCUT2D eigenvalue weighted by atomic mass is 9.86. The molecule has 0 aromatic carbocycles. The van der Waals surface area contributed by atoms with E-state index < -0.39 is 17.2 Å². The molecule has 3 nitrogen and oxygen atoms in total. The SMILES string of the molecule is CC(C)(C)C1(O)C=CC(=O)O1. The molecule has 0 aliphatic carbocycles. The van der Waals surface area contributed by atoms with Crippen molar-refractivity contribution in [3.05, 3.63) is 12.2 Å². The minimum absolute atomic E-state index is 0.477. The summed E-state index contributed by atoms with van der Waals surface area (Å²) in [5, 5.41) is 9.67. The highest BCUT2D eigenvalue weighted by Gasteiger charge is 2.44. The van der Waals surface area contributed by atoms with Gasteiger partial charge in [-0.3, -0.25) is 0 Å². The third-order valence-electron chi connectivity index (χ3n) is 1.78. The van der Waals surface area contributed by atoms with Gasteiger partial charge in [-0.2, -0.15) is 0 Å². The van der Waals surface area contributed by atoms with Crippen LogP contribution in [0.2, 0.25) is 0 Å². The van der Waals surface area contributed by atoms with Gasteiger partial charge in [-0.25, -0.2) is 4.79 Å². The van der Waals surface area contributed by atoms with Crippen LogP contribution in [0.3, 0.4) is 0 Å². The van der Waals surface area contributed by atoms with Crippen molar-refractivity contribution < 1.29 is 14.6 Å². The van der Waals surface area contributed by atoms with E-state index in [-0.39, 0.29) is 0 Å². The highest BCUT2D eigenvalue weighted by molar-refractivity contribution is 5.85. The Hall–Kier alpha value is -0.830. The molecule has 1 rings (SSSR count). The number of carbonyl (C=O) groups excluding carboxylic acids is 1.